The number of para-hydroxylation sites is 2. The molecule has 0 saturated carbocycles. The van der Waals surface area contributed by atoms with Crippen LogP contribution in [-0.4, -0.2) is 61.4 Å². The monoisotopic (exact) mass is 472 g/mol. The van der Waals surface area contributed by atoms with E-state index in [9.17, 15) is 18.3 Å². The van der Waals surface area contributed by atoms with Crippen LogP contribution in [0.3, 0.4) is 0 Å². The summed E-state index contributed by atoms with van der Waals surface area (Å²) in [5.41, 5.74) is 0.774. The first-order valence-corrected chi connectivity index (χ1v) is 8.03. The zero-order valence-electron chi connectivity index (χ0n) is 14.1. The van der Waals surface area contributed by atoms with E-state index >= 15 is 0 Å². The number of guanidine groups is 1. The number of nitrogens with one attached hydrogen (secondary N) is 1. The summed E-state index contributed by atoms with van der Waals surface area (Å²) in [5.74, 6) is 0.746. The Morgan fingerprint density at radius 1 is 1.20 bits per heavy atom. The van der Waals surface area contributed by atoms with Crippen molar-refractivity contribution < 1.29 is 18.3 Å². The lowest BCUT2D eigenvalue weighted by molar-refractivity contribution is -0.132. The molecule has 0 unspecified atom stereocenters. The molecule has 0 radical (unpaired) electrons. The average Bonchev–Trinajstić information content (AvgIpc) is 2.54. The molecule has 0 spiro atoms. The Labute approximate surface area is 162 Å². The summed E-state index contributed by atoms with van der Waals surface area (Å²) in [6.45, 7) is 4.81. The van der Waals surface area contributed by atoms with Crippen LogP contribution in [0.25, 0.3) is 0 Å². The number of hydrogen-bond acceptors (Lipinski definition) is 3. The van der Waals surface area contributed by atoms with Gasteiger partial charge >= 0.3 is 6.18 Å². The molecule has 1 heterocycles. The Hall–Kier alpha value is -1.39. The van der Waals surface area contributed by atoms with Gasteiger partial charge in [-0.15, -0.1) is 24.0 Å². The number of nitrogens with zero attached hydrogens (tertiary/aromatic N) is 3. The van der Waals surface area contributed by atoms with E-state index in [4.69, 9.17) is 0 Å². The highest BCUT2D eigenvalue weighted by molar-refractivity contribution is 14.0. The summed E-state index contributed by atoms with van der Waals surface area (Å²) >= 11 is 0. The SMILES string of the molecule is CCNC(=NCCC(F)(F)F)N1CCN(c2ccccc2O)CC1.I. The van der Waals surface area contributed by atoms with Crippen molar-refractivity contribution in [3.63, 3.8) is 0 Å². The van der Waals surface area contributed by atoms with E-state index in [1.807, 2.05) is 24.0 Å². The number of anilines is 1. The molecule has 1 saturated heterocycles. The molecule has 0 aliphatic carbocycles. The lowest BCUT2D eigenvalue weighted by Gasteiger charge is -2.37. The summed E-state index contributed by atoms with van der Waals surface area (Å²) in [4.78, 5) is 8.10. The summed E-state index contributed by atoms with van der Waals surface area (Å²) in [6.07, 6.45) is -5.11. The number of rotatable bonds is 4. The number of aliphatic imine (C=N–C) groups is 1. The van der Waals surface area contributed by atoms with Gasteiger partial charge in [0.1, 0.15) is 5.75 Å². The Morgan fingerprint density at radius 2 is 1.84 bits per heavy atom. The van der Waals surface area contributed by atoms with Gasteiger partial charge in [-0.3, -0.25) is 4.99 Å². The topological polar surface area (TPSA) is 51.1 Å². The first-order valence-electron chi connectivity index (χ1n) is 8.03. The summed E-state index contributed by atoms with van der Waals surface area (Å²) < 4.78 is 36.8. The van der Waals surface area contributed by atoms with Crippen molar-refractivity contribution in [1.82, 2.24) is 10.2 Å². The van der Waals surface area contributed by atoms with E-state index in [1.54, 1.807) is 12.1 Å². The number of benzene rings is 1. The van der Waals surface area contributed by atoms with Crippen LogP contribution in [0, 0.1) is 0 Å². The third-order valence-corrected chi connectivity index (χ3v) is 3.79. The van der Waals surface area contributed by atoms with Gasteiger partial charge in [0.05, 0.1) is 18.7 Å². The van der Waals surface area contributed by atoms with E-state index in [-0.39, 0.29) is 36.3 Å². The first kappa shape index (κ1) is 21.7. The van der Waals surface area contributed by atoms with Gasteiger partial charge in [-0.05, 0) is 19.1 Å². The van der Waals surface area contributed by atoms with Gasteiger partial charge in [-0.25, -0.2) is 0 Å². The molecule has 0 aromatic heterocycles. The molecular weight excluding hydrogens is 448 g/mol. The van der Waals surface area contributed by atoms with Crippen LogP contribution in [0.15, 0.2) is 29.3 Å². The van der Waals surface area contributed by atoms with Gasteiger partial charge in [0.15, 0.2) is 5.96 Å². The molecule has 142 valence electrons. The van der Waals surface area contributed by atoms with Crippen molar-refractivity contribution in [1.29, 1.82) is 0 Å². The van der Waals surface area contributed by atoms with E-state index in [2.05, 4.69) is 15.2 Å². The van der Waals surface area contributed by atoms with Crippen LogP contribution < -0.4 is 10.2 Å². The second kappa shape index (κ2) is 9.93. The molecule has 1 aromatic carbocycles. The number of alkyl halides is 3. The predicted molar refractivity (Wildman–Crippen MR) is 104 cm³/mol. The van der Waals surface area contributed by atoms with Crippen LogP contribution in [0.5, 0.6) is 5.75 Å². The highest BCUT2D eigenvalue weighted by atomic mass is 127. The number of hydrogen-bond donors (Lipinski definition) is 2. The molecule has 25 heavy (non-hydrogen) atoms. The molecule has 0 amide bonds. The van der Waals surface area contributed by atoms with Gasteiger partial charge < -0.3 is 20.2 Å². The second-order valence-electron chi connectivity index (χ2n) is 5.56. The third kappa shape index (κ3) is 6.79. The number of phenolic OH excluding ortho intramolecular Hbond substituents is 1. The highest BCUT2D eigenvalue weighted by Gasteiger charge is 2.27. The quantitative estimate of drug-likeness (QED) is 0.402. The molecule has 2 N–H and O–H groups in total. The van der Waals surface area contributed by atoms with Crippen molar-refractivity contribution in [3.05, 3.63) is 24.3 Å². The maximum atomic E-state index is 12.3. The molecule has 1 fully saturated rings. The van der Waals surface area contributed by atoms with Crippen LogP contribution >= 0.6 is 24.0 Å². The fourth-order valence-electron chi connectivity index (χ4n) is 2.61. The van der Waals surface area contributed by atoms with Gasteiger partial charge in [-0.1, -0.05) is 12.1 Å². The Morgan fingerprint density at radius 3 is 2.40 bits per heavy atom. The zero-order chi connectivity index (χ0) is 17.6. The molecule has 1 aromatic rings. The minimum absolute atomic E-state index is 0. The lowest BCUT2D eigenvalue weighted by atomic mass is 10.2. The molecule has 5 nitrogen and oxygen atoms in total. The lowest BCUT2D eigenvalue weighted by Crippen LogP contribution is -2.52. The minimum atomic E-state index is -4.19. The highest BCUT2D eigenvalue weighted by Crippen LogP contribution is 2.27. The molecule has 1 aliphatic heterocycles. The van der Waals surface area contributed by atoms with Crippen molar-refractivity contribution in [2.75, 3.05) is 44.2 Å². The molecule has 0 bridgehead atoms. The number of aromatic hydroxyl groups is 1. The fraction of sp³-hybridized carbons (Fsp3) is 0.562. The van der Waals surface area contributed by atoms with E-state index in [0.717, 1.165) is 5.69 Å². The molecule has 2 rings (SSSR count). The predicted octanol–water partition coefficient (Wildman–Crippen LogP) is 3.05. The van der Waals surface area contributed by atoms with Gasteiger partial charge in [0.25, 0.3) is 0 Å². The second-order valence-corrected chi connectivity index (χ2v) is 5.56. The summed E-state index contributed by atoms with van der Waals surface area (Å²) in [7, 11) is 0. The van der Waals surface area contributed by atoms with Crippen LogP contribution in [-0.2, 0) is 0 Å². The molecule has 9 heteroatoms. The Balaban J connectivity index is 0.00000312. The minimum Gasteiger partial charge on any atom is -0.506 e. The average molecular weight is 472 g/mol. The molecule has 0 atom stereocenters. The number of piperazine rings is 1. The van der Waals surface area contributed by atoms with Crippen molar-refractivity contribution in [2.24, 2.45) is 4.99 Å². The van der Waals surface area contributed by atoms with Gasteiger partial charge in [-0.2, -0.15) is 13.2 Å². The van der Waals surface area contributed by atoms with Crippen molar-refractivity contribution in [3.8, 4) is 5.75 Å². The standard InChI is InChI=1S/C16H23F3N4O.HI/c1-2-20-15(21-8-7-16(17,18)19)23-11-9-22(10-12-23)13-5-3-4-6-14(13)24;/h3-6,24H,2,7-12H2,1H3,(H,20,21);1H. The zero-order valence-corrected chi connectivity index (χ0v) is 16.4. The Bertz CT molecular complexity index is 561. The molecule has 1 aliphatic rings. The van der Waals surface area contributed by atoms with E-state index < -0.39 is 12.6 Å². The number of halogens is 4. The van der Waals surface area contributed by atoms with E-state index in [1.165, 1.54) is 0 Å². The third-order valence-electron chi connectivity index (χ3n) is 3.79. The van der Waals surface area contributed by atoms with E-state index in [0.29, 0.717) is 38.7 Å². The first-order chi connectivity index (χ1) is 11.4. The smallest absolute Gasteiger partial charge is 0.390 e. The van der Waals surface area contributed by atoms with Crippen LogP contribution in [0.4, 0.5) is 18.9 Å². The van der Waals surface area contributed by atoms with Gasteiger partial charge in [0.2, 0.25) is 0 Å². The summed E-state index contributed by atoms with van der Waals surface area (Å²) in [5, 5.41) is 13.0. The Kier molecular flexibility index (Phi) is 8.60. The van der Waals surface area contributed by atoms with Crippen molar-refractivity contribution >= 4 is 35.6 Å². The summed E-state index contributed by atoms with van der Waals surface area (Å²) in [6, 6.07) is 7.13. The van der Waals surface area contributed by atoms with Crippen molar-refractivity contribution in [2.45, 2.75) is 19.5 Å². The maximum Gasteiger partial charge on any atom is 0.390 e. The number of phenols is 1. The van der Waals surface area contributed by atoms with Gasteiger partial charge in [0, 0.05) is 32.7 Å². The maximum absolute atomic E-state index is 12.3. The largest absolute Gasteiger partial charge is 0.506 e. The molecular formula is C16H24F3IN4O. The van der Waals surface area contributed by atoms with Crippen LogP contribution in [0.2, 0.25) is 0 Å². The van der Waals surface area contributed by atoms with Crippen LogP contribution in [0.1, 0.15) is 13.3 Å². The normalized spacial score (nSPS) is 15.8. The fourth-order valence-corrected chi connectivity index (χ4v) is 2.61.